The second kappa shape index (κ2) is 8.39. The van der Waals surface area contributed by atoms with Crippen molar-refractivity contribution in [3.63, 3.8) is 0 Å². The van der Waals surface area contributed by atoms with Crippen molar-refractivity contribution in [2.45, 2.75) is 38.6 Å². The van der Waals surface area contributed by atoms with E-state index < -0.39 is 9.84 Å². The molecule has 28 heavy (non-hydrogen) atoms. The molecule has 0 fully saturated rings. The van der Waals surface area contributed by atoms with Crippen molar-refractivity contribution in [2.75, 3.05) is 25.7 Å². The highest BCUT2D eigenvalue weighted by Crippen LogP contribution is 2.40. The quantitative estimate of drug-likeness (QED) is 0.661. The van der Waals surface area contributed by atoms with Crippen molar-refractivity contribution >= 4 is 9.84 Å². The second-order valence-electron chi connectivity index (χ2n) is 7.25. The number of hydrogen-bond acceptors (Lipinski definition) is 5. The van der Waals surface area contributed by atoms with Gasteiger partial charge >= 0.3 is 0 Å². The van der Waals surface area contributed by atoms with Gasteiger partial charge in [-0.15, -0.1) is 0 Å². The number of benzene rings is 1. The van der Waals surface area contributed by atoms with Gasteiger partial charge in [-0.2, -0.15) is 0 Å². The van der Waals surface area contributed by atoms with Crippen LogP contribution in [0.15, 0.2) is 35.3 Å². The van der Waals surface area contributed by atoms with Gasteiger partial charge in [0.1, 0.15) is 9.84 Å². The number of aryl methyl sites for hydroxylation is 1. The minimum Gasteiger partial charge on any atom is -0.493 e. The van der Waals surface area contributed by atoms with Crippen LogP contribution < -0.4 is 14.9 Å². The van der Waals surface area contributed by atoms with Crippen LogP contribution >= 0.6 is 0 Å². The zero-order valence-corrected chi connectivity index (χ0v) is 17.4. The Kier molecular flexibility index (Phi) is 6.13. The van der Waals surface area contributed by atoms with Gasteiger partial charge in [-0.05, 0) is 43.4 Å². The molecule has 1 aliphatic heterocycles. The number of nitrogens with zero attached hydrogens (tertiary/aromatic N) is 1. The molecule has 1 aliphatic rings. The average Bonchev–Trinajstić information content (AvgIpc) is 2.79. The van der Waals surface area contributed by atoms with E-state index in [4.69, 9.17) is 9.47 Å². The molecule has 0 radical (unpaired) electrons. The standard InChI is InChI=1S/C21H27NO5S/c1-4-16-7-6-15-12-21(27-10-5-11-28(3,24)25)20(26-2)14-18(15)19-13-17(23)8-9-22(16)19/h8-9,12-14,16H,4-7,10-11H2,1-3H3. The Morgan fingerprint density at radius 2 is 2.00 bits per heavy atom. The molecule has 2 heterocycles. The molecular formula is C21H27NO5S. The molecule has 1 unspecified atom stereocenters. The summed E-state index contributed by atoms with van der Waals surface area (Å²) in [7, 11) is -1.43. The van der Waals surface area contributed by atoms with Crippen LogP contribution in [-0.2, 0) is 16.3 Å². The molecule has 1 atom stereocenters. The Hall–Kier alpha value is -2.28. The summed E-state index contributed by atoms with van der Waals surface area (Å²) in [5.74, 6) is 1.28. The van der Waals surface area contributed by atoms with E-state index in [-0.39, 0.29) is 11.2 Å². The van der Waals surface area contributed by atoms with Crippen molar-refractivity contribution in [1.82, 2.24) is 4.57 Å². The zero-order chi connectivity index (χ0) is 20.3. The molecule has 0 spiro atoms. The molecule has 0 saturated carbocycles. The Labute approximate surface area is 166 Å². The van der Waals surface area contributed by atoms with E-state index >= 15 is 0 Å². The summed E-state index contributed by atoms with van der Waals surface area (Å²) < 4.78 is 36.1. The molecule has 0 aliphatic carbocycles. The second-order valence-corrected chi connectivity index (χ2v) is 9.51. The third-order valence-electron chi connectivity index (χ3n) is 5.15. The maximum absolute atomic E-state index is 12.0. The van der Waals surface area contributed by atoms with Gasteiger partial charge in [0.2, 0.25) is 0 Å². The average molecular weight is 406 g/mol. The third-order valence-corrected chi connectivity index (χ3v) is 6.18. The first kappa shape index (κ1) is 20.5. The monoisotopic (exact) mass is 405 g/mol. The highest BCUT2D eigenvalue weighted by atomic mass is 32.2. The predicted octanol–water partition coefficient (Wildman–Crippen LogP) is 3.23. The summed E-state index contributed by atoms with van der Waals surface area (Å²) in [5, 5.41) is 0. The van der Waals surface area contributed by atoms with E-state index in [1.54, 1.807) is 19.2 Å². The molecule has 1 aromatic carbocycles. The fourth-order valence-electron chi connectivity index (χ4n) is 3.71. The minimum absolute atomic E-state index is 0.0194. The topological polar surface area (TPSA) is 74.6 Å². The lowest BCUT2D eigenvalue weighted by atomic mass is 9.99. The number of sulfone groups is 1. The third kappa shape index (κ3) is 4.58. The summed E-state index contributed by atoms with van der Waals surface area (Å²) in [6.07, 6.45) is 6.35. The Bertz CT molecular complexity index is 1010. The van der Waals surface area contributed by atoms with Crippen molar-refractivity contribution in [3.8, 4) is 22.8 Å². The first-order chi connectivity index (χ1) is 13.3. The van der Waals surface area contributed by atoms with E-state index in [0.717, 1.165) is 36.1 Å². The number of rotatable bonds is 7. The first-order valence-electron chi connectivity index (χ1n) is 9.56. The minimum atomic E-state index is -3.00. The highest BCUT2D eigenvalue weighted by Gasteiger charge is 2.22. The number of pyridine rings is 1. The van der Waals surface area contributed by atoms with Crippen LogP contribution in [0, 0.1) is 0 Å². The summed E-state index contributed by atoms with van der Waals surface area (Å²) in [4.78, 5) is 12.0. The van der Waals surface area contributed by atoms with E-state index in [9.17, 15) is 13.2 Å². The lowest BCUT2D eigenvalue weighted by Gasteiger charge is -2.20. The molecule has 3 rings (SSSR count). The molecule has 0 bridgehead atoms. The molecule has 0 N–H and O–H groups in total. The smallest absolute Gasteiger partial charge is 0.182 e. The lowest BCUT2D eigenvalue weighted by Crippen LogP contribution is -2.12. The van der Waals surface area contributed by atoms with Gasteiger partial charge in [0.05, 0.1) is 25.2 Å². The van der Waals surface area contributed by atoms with Gasteiger partial charge in [-0.1, -0.05) is 6.92 Å². The van der Waals surface area contributed by atoms with Crippen molar-refractivity contribution in [1.29, 1.82) is 0 Å². The van der Waals surface area contributed by atoms with Crippen LogP contribution in [0.1, 0.15) is 37.8 Å². The van der Waals surface area contributed by atoms with Crippen molar-refractivity contribution in [2.24, 2.45) is 0 Å². The first-order valence-corrected chi connectivity index (χ1v) is 11.6. The molecule has 6 nitrogen and oxygen atoms in total. The normalized spacial score (nSPS) is 16.0. The van der Waals surface area contributed by atoms with E-state index in [0.29, 0.717) is 30.6 Å². The van der Waals surface area contributed by atoms with E-state index in [2.05, 4.69) is 11.5 Å². The Morgan fingerprint density at radius 1 is 1.21 bits per heavy atom. The molecule has 2 aromatic rings. The summed E-state index contributed by atoms with van der Waals surface area (Å²) in [5.41, 5.74) is 2.96. The largest absolute Gasteiger partial charge is 0.493 e. The van der Waals surface area contributed by atoms with Crippen molar-refractivity contribution in [3.05, 3.63) is 46.2 Å². The maximum atomic E-state index is 12.0. The molecule has 152 valence electrons. The van der Waals surface area contributed by atoms with Gasteiger partial charge < -0.3 is 14.0 Å². The SMILES string of the molecule is CCC1CCc2cc(OCCCS(C)(=O)=O)c(OC)cc2-c2cc(=O)ccn21. The van der Waals surface area contributed by atoms with Crippen LogP contribution in [-0.4, -0.2) is 38.7 Å². The number of hydrogen-bond donors (Lipinski definition) is 0. The van der Waals surface area contributed by atoms with Gasteiger partial charge in [0.25, 0.3) is 0 Å². The van der Waals surface area contributed by atoms with Gasteiger partial charge in [-0.3, -0.25) is 4.79 Å². The van der Waals surface area contributed by atoms with Gasteiger partial charge in [0.15, 0.2) is 16.9 Å². The van der Waals surface area contributed by atoms with Crippen molar-refractivity contribution < 1.29 is 17.9 Å². The van der Waals surface area contributed by atoms with Gasteiger partial charge in [0, 0.05) is 36.2 Å². The fourth-order valence-corrected chi connectivity index (χ4v) is 4.35. The van der Waals surface area contributed by atoms with Crippen LogP contribution in [0.4, 0.5) is 0 Å². The van der Waals surface area contributed by atoms with Crippen LogP contribution in [0.3, 0.4) is 0 Å². The van der Waals surface area contributed by atoms with Gasteiger partial charge in [-0.25, -0.2) is 8.42 Å². The van der Waals surface area contributed by atoms with Crippen LogP contribution in [0.25, 0.3) is 11.3 Å². The predicted molar refractivity (Wildman–Crippen MR) is 110 cm³/mol. The van der Waals surface area contributed by atoms with Crippen LogP contribution in [0.2, 0.25) is 0 Å². The maximum Gasteiger partial charge on any atom is 0.182 e. The lowest BCUT2D eigenvalue weighted by molar-refractivity contribution is 0.294. The highest BCUT2D eigenvalue weighted by molar-refractivity contribution is 7.90. The molecule has 7 heteroatoms. The van der Waals surface area contributed by atoms with E-state index in [1.807, 2.05) is 18.3 Å². The fraction of sp³-hybridized carbons (Fsp3) is 0.476. The molecular weight excluding hydrogens is 378 g/mol. The summed E-state index contributed by atoms with van der Waals surface area (Å²) >= 11 is 0. The van der Waals surface area contributed by atoms with E-state index in [1.165, 1.54) is 6.26 Å². The zero-order valence-electron chi connectivity index (χ0n) is 16.6. The van der Waals surface area contributed by atoms with Crippen LogP contribution in [0.5, 0.6) is 11.5 Å². The Morgan fingerprint density at radius 3 is 2.68 bits per heavy atom. The molecule has 0 amide bonds. The number of fused-ring (bicyclic) bond motifs is 3. The number of methoxy groups -OCH3 is 1. The number of aromatic nitrogens is 1. The molecule has 1 aromatic heterocycles. The summed E-state index contributed by atoms with van der Waals surface area (Å²) in [6, 6.07) is 7.50. The summed E-state index contributed by atoms with van der Waals surface area (Å²) in [6.45, 7) is 2.45. The number of ether oxygens (including phenoxy) is 2. The molecule has 0 saturated heterocycles. The Balaban J connectivity index is 1.96.